The van der Waals surface area contributed by atoms with Crippen LogP contribution in [0, 0.1) is 0 Å². The molecule has 3 N–H and O–H groups in total. The Morgan fingerprint density at radius 3 is 1.85 bits per heavy atom. The zero-order valence-corrected chi connectivity index (χ0v) is 15.4. The molecule has 0 spiro atoms. The Morgan fingerprint density at radius 1 is 0.815 bits per heavy atom. The third-order valence-electron chi connectivity index (χ3n) is 3.47. The molecule has 0 radical (unpaired) electrons. The fourth-order valence-corrected chi connectivity index (χ4v) is 2.10. The summed E-state index contributed by atoms with van der Waals surface area (Å²) in [4.78, 5) is 18.2. The van der Waals surface area contributed by atoms with Crippen molar-refractivity contribution in [2.75, 3.05) is 21.3 Å². The lowest BCUT2D eigenvalue weighted by Crippen LogP contribution is -2.13. The van der Waals surface area contributed by atoms with Gasteiger partial charge in [-0.25, -0.2) is 9.59 Å². The highest BCUT2D eigenvalue weighted by Crippen LogP contribution is 2.23. The van der Waals surface area contributed by atoms with E-state index in [4.69, 9.17) is 34.0 Å². The van der Waals surface area contributed by atoms with Crippen molar-refractivity contribution in [1.82, 2.24) is 5.32 Å². The van der Waals surface area contributed by atoms with Gasteiger partial charge in [-0.05, 0) is 35.9 Å². The van der Waals surface area contributed by atoms with Crippen LogP contribution in [-0.2, 0) is 22.7 Å². The van der Waals surface area contributed by atoms with Gasteiger partial charge >= 0.3 is 11.9 Å². The molecule has 0 aliphatic rings. The van der Waals surface area contributed by atoms with Gasteiger partial charge in [-0.3, -0.25) is 0 Å². The molecule has 8 heteroatoms. The van der Waals surface area contributed by atoms with E-state index in [1.807, 2.05) is 30.3 Å². The number of hydrogen-bond donors (Lipinski definition) is 3. The largest absolute Gasteiger partial charge is 0.497 e. The molecule has 0 saturated carbocycles. The van der Waals surface area contributed by atoms with Crippen LogP contribution in [0.5, 0.6) is 17.2 Å². The number of methoxy groups -OCH3 is 3. The molecule has 146 valence electrons. The van der Waals surface area contributed by atoms with E-state index in [9.17, 15) is 0 Å². The van der Waals surface area contributed by atoms with Gasteiger partial charge in [-0.2, -0.15) is 0 Å². The van der Waals surface area contributed by atoms with Crippen LogP contribution in [0.25, 0.3) is 0 Å². The Hall–Kier alpha value is -3.26. The lowest BCUT2D eigenvalue weighted by atomic mass is 10.1. The van der Waals surface area contributed by atoms with Crippen LogP contribution in [0.1, 0.15) is 11.1 Å². The number of hydrogen-bond acceptors (Lipinski definition) is 6. The minimum Gasteiger partial charge on any atom is -0.497 e. The molecule has 2 aromatic rings. The molecular weight excluding hydrogens is 354 g/mol. The number of ether oxygens (including phenoxy) is 3. The number of carbonyl (C=O) groups is 2. The summed E-state index contributed by atoms with van der Waals surface area (Å²) in [5, 5.41) is 18.2. The second kappa shape index (κ2) is 11.4. The third kappa shape index (κ3) is 7.66. The van der Waals surface area contributed by atoms with Crippen LogP contribution in [0.2, 0.25) is 0 Å². The molecule has 2 aromatic carbocycles. The Kier molecular flexibility index (Phi) is 9.18. The molecule has 0 bridgehead atoms. The SMILES string of the molecule is COc1ccc(CNCc2cc(OC)ccc2OC)cc1.O=C(O)C(=O)O. The fraction of sp³-hybridized carbons (Fsp3) is 0.263. The predicted molar refractivity (Wildman–Crippen MR) is 98.4 cm³/mol. The third-order valence-corrected chi connectivity index (χ3v) is 3.47. The normalized spacial score (nSPS) is 9.59. The van der Waals surface area contributed by atoms with Crippen molar-refractivity contribution in [2.45, 2.75) is 13.1 Å². The van der Waals surface area contributed by atoms with E-state index >= 15 is 0 Å². The number of aliphatic carboxylic acids is 2. The first kappa shape index (κ1) is 21.8. The number of nitrogens with one attached hydrogen (secondary N) is 1. The summed E-state index contributed by atoms with van der Waals surface area (Å²) in [6.45, 7) is 1.50. The van der Waals surface area contributed by atoms with Crippen molar-refractivity contribution < 1.29 is 34.0 Å². The van der Waals surface area contributed by atoms with Gasteiger partial charge in [0.25, 0.3) is 0 Å². The minimum atomic E-state index is -1.82. The summed E-state index contributed by atoms with van der Waals surface area (Å²) < 4.78 is 15.8. The van der Waals surface area contributed by atoms with E-state index in [1.165, 1.54) is 5.56 Å². The highest BCUT2D eigenvalue weighted by atomic mass is 16.5. The predicted octanol–water partition coefficient (Wildman–Crippen LogP) is 2.16. The topological polar surface area (TPSA) is 114 Å². The first-order valence-corrected chi connectivity index (χ1v) is 7.92. The van der Waals surface area contributed by atoms with E-state index in [-0.39, 0.29) is 0 Å². The van der Waals surface area contributed by atoms with Gasteiger partial charge in [-0.1, -0.05) is 12.1 Å². The summed E-state index contributed by atoms with van der Waals surface area (Å²) in [7, 11) is 5.01. The van der Waals surface area contributed by atoms with Crippen LogP contribution < -0.4 is 19.5 Å². The molecule has 27 heavy (non-hydrogen) atoms. The summed E-state index contributed by atoms with van der Waals surface area (Å²) >= 11 is 0. The lowest BCUT2D eigenvalue weighted by Gasteiger charge is -2.11. The standard InChI is InChI=1S/C17H21NO3.C2H2O4/c1-19-15-6-4-13(5-7-15)11-18-12-14-10-16(20-2)8-9-17(14)21-3;3-1(4)2(5)6/h4-10,18H,11-12H2,1-3H3;(H,3,4)(H,5,6). The van der Waals surface area contributed by atoms with Gasteiger partial charge in [0.15, 0.2) is 0 Å². The van der Waals surface area contributed by atoms with Crippen molar-refractivity contribution in [2.24, 2.45) is 0 Å². The van der Waals surface area contributed by atoms with E-state index in [0.29, 0.717) is 6.54 Å². The van der Waals surface area contributed by atoms with Gasteiger partial charge in [-0.15, -0.1) is 0 Å². The van der Waals surface area contributed by atoms with Crippen molar-refractivity contribution in [3.8, 4) is 17.2 Å². The van der Waals surface area contributed by atoms with E-state index in [1.54, 1.807) is 21.3 Å². The van der Waals surface area contributed by atoms with Gasteiger partial charge < -0.3 is 29.7 Å². The van der Waals surface area contributed by atoms with Gasteiger partial charge in [0, 0.05) is 18.7 Å². The maximum absolute atomic E-state index is 9.10. The smallest absolute Gasteiger partial charge is 0.414 e. The second-order valence-electron chi connectivity index (χ2n) is 5.24. The number of benzene rings is 2. The molecule has 0 aliphatic heterocycles. The summed E-state index contributed by atoms with van der Waals surface area (Å²) in [6.07, 6.45) is 0. The van der Waals surface area contributed by atoms with E-state index < -0.39 is 11.9 Å². The summed E-state index contributed by atoms with van der Waals surface area (Å²) in [5.74, 6) is -1.09. The van der Waals surface area contributed by atoms with Crippen molar-refractivity contribution in [3.05, 3.63) is 53.6 Å². The quantitative estimate of drug-likeness (QED) is 0.629. The first-order valence-electron chi connectivity index (χ1n) is 7.92. The van der Waals surface area contributed by atoms with Gasteiger partial charge in [0.2, 0.25) is 0 Å². The molecule has 0 heterocycles. The van der Waals surface area contributed by atoms with Crippen LogP contribution >= 0.6 is 0 Å². The molecule has 0 aliphatic carbocycles. The number of carboxylic acid groups (broad SMARTS) is 2. The molecule has 0 atom stereocenters. The highest BCUT2D eigenvalue weighted by Gasteiger charge is 2.05. The molecule has 0 aromatic heterocycles. The number of carboxylic acids is 2. The zero-order chi connectivity index (χ0) is 20.2. The van der Waals surface area contributed by atoms with Crippen LogP contribution in [-0.4, -0.2) is 43.5 Å². The Bertz CT molecular complexity index is 732. The Labute approximate surface area is 157 Å². The second-order valence-corrected chi connectivity index (χ2v) is 5.24. The summed E-state index contributed by atoms with van der Waals surface area (Å²) in [5.41, 5.74) is 2.28. The van der Waals surface area contributed by atoms with Crippen molar-refractivity contribution in [3.63, 3.8) is 0 Å². The van der Waals surface area contributed by atoms with Crippen LogP contribution in [0.3, 0.4) is 0 Å². The maximum atomic E-state index is 9.10. The van der Waals surface area contributed by atoms with E-state index in [2.05, 4.69) is 17.4 Å². The monoisotopic (exact) mass is 377 g/mol. The molecule has 0 fully saturated rings. The van der Waals surface area contributed by atoms with Gasteiger partial charge in [0.05, 0.1) is 21.3 Å². The zero-order valence-electron chi connectivity index (χ0n) is 15.4. The molecule has 8 nitrogen and oxygen atoms in total. The van der Waals surface area contributed by atoms with Crippen molar-refractivity contribution >= 4 is 11.9 Å². The van der Waals surface area contributed by atoms with Crippen LogP contribution in [0.4, 0.5) is 0 Å². The maximum Gasteiger partial charge on any atom is 0.414 e. The van der Waals surface area contributed by atoms with Crippen molar-refractivity contribution in [1.29, 1.82) is 0 Å². The highest BCUT2D eigenvalue weighted by molar-refractivity contribution is 6.27. The minimum absolute atomic E-state index is 0.715. The molecule has 0 unspecified atom stereocenters. The summed E-state index contributed by atoms with van der Waals surface area (Å²) in [6, 6.07) is 13.8. The average Bonchev–Trinajstić information content (AvgIpc) is 2.68. The van der Waals surface area contributed by atoms with Crippen LogP contribution in [0.15, 0.2) is 42.5 Å². The molecule has 0 saturated heterocycles. The van der Waals surface area contributed by atoms with Gasteiger partial charge in [0.1, 0.15) is 17.2 Å². The Morgan fingerprint density at radius 2 is 1.37 bits per heavy atom. The molecule has 0 amide bonds. The molecule has 2 rings (SSSR count). The fourth-order valence-electron chi connectivity index (χ4n) is 2.10. The Balaban J connectivity index is 0.000000527. The average molecular weight is 377 g/mol. The van der Waals surface area contributed by atoms with E-state index in [0.717, 1.165) is 29.4 Å². The number of rotatable bonds is 7. The molecular formula is C19H23NO7. The lowest BCUT2D eigenvalue weighted by molar-refractivity contribution is -0.159. The first-order chi connectivity index (χ1) is 12.9.